The summed E-state index contributed by atoms with van der Waals surface area (Å²) in [6.45, 7) is 3.83. The van der Waals surface area contributed by atoms with Gasteiger partial charge in [-0.1, -0.05) is 12.1 Å². The van der Waals surface area contributed by atoms with E-state index in [1.807, 2.05) is 24.3 Å². The molecule has 0 bridgehead atoms. The Hall–Kier alpha value is -2.21. The minimum absolute atomic E-state index is 0.0664. The van der Waals surface area contributed by atoms with Crippen LogP contribution in [0.2, 0.25) is 0 Å². The molecule has 1 aliphatic heterocycles. The molecule has 122 valence electrons. The molecule has 0 saturated carbocycles. The van der Waals surface area contributed by atoms with Crippen molar-refractivity contribution in [1.82, 2.24) is 14.9 Å². The van der Waals surface area contributed by atoms with E-state index in [1.54, 1.807) is 6.33 Å². The Morgan fingerprint density at radius 1 is 1.26 bits per heavy atom. The van der Waals surface area contributed by atoms with Crippen LogP contribution in [0, 0.1) is 5.92 Å². The topological polar surface area (TPSA) is 84.1 Å². The number of nitrogens with zero attached hydrogens (tertiary/aromatic N) is 3. The molecule has 2 heterocycles. The summed E-state index contributed by atoms with van der Waals surface area (Å²) < 4.78 is 0. The van der Waals surface area contributed by atoms with E-state index in [-0.39, 0.29) is 11.8 Å². The highest BCUT2D eigenvalue weighted by Crippen LogP contribution is 2.19. The van der Waals surface area contributed by atoms with E-state index in [1.165, 1.54) is 0 Å². The van der Waals surface area contributed by atoms with Crippen LogP contribution in [0.25, 0.3) is 10.9 Å². The van der Waals surface area contributed by atoms with Crippen molar-refractivity contribution in [3.63, 3.8) is 0 Å². The Morgan fingerprint density at radius 2 is 2.04 bits per heavy atom. The first-order chi connectivity index (χ1) is 11.2. The number of amides is 1. The summed E-state index contributed by atoms with van der Waals surface area (Å²) in [5.41, 5.74) is 6.32. The van der Waals surface area contributed by atoms with E-state index in [4.69, 9.17) is 5.73 Å². The molecule has 1 saturated heterocycles. The molecule has 1 aromatic heterocycles. The number of hydrogen-bond acceptors (Lipinski definition) is 5. The number of carbonyl (C=O) groups is 1. The third kappa shape index (κ3) is 3.96. The van der Waals surface area contributed by atoms with Crippen LogP contribution in [0.15, 0.2) is 30.6 Å². The summed E-state index contributed by atoms with van der Waals surface area (Å²) in [6, 6.07) is 8.01. The van der Waals surface area contributed by atoms with Gasteiger partial charge in [-0.3, -0.25) is 4.79 Å². The first-order valence-electron chi connectivity index (χ1n) is 8.19. The van der Waals surface area contributed by atoms with Gasteiger partial charge in [0.15, 0.2) is 0 Å². The molecule has 6 heteroatoms. The third-order valence-electron chi connectivity index (χ3n) is 4.48. The zero-order valence-corrected chi connectivity index (χ0v) is 13.2. The lowest BCUT2D eigenvalue weighted by Gasteiger charge is -2.30. The Balaban J connectivity index is 1.44. The van der Waals surface area contributed by atoms with E-state index in [9.17, 15) is 4.79 Å². The van der Waals surface area contributed by atoms with Crippen molar-refractivity contribution < 1.29 is 4.79 Å². The first kappa shape index (κ1) is 15.7. The molecule has 2 aromatic rings. The highest BCUT2D eigenvalue weighted by atomic mass is 16.1. The second-order valence-electron chi connectivity index (χ2n) is 6.04. The summed E-state index contributed by atoms with van der Waals surface area (Å²) in [5.74, 6) is 0.807. The molecule has 0 aliphatic carbocycles. The van der Waals surface area contributed by atoms with Gasteiger partial charge in [-0.15, -0.1) is 0 Å². The maximum Gasteiger partial charge on any atom is 0.220 e. The monoisotopic (exact) mass is 313 g/mol. The fourth-order valence-electron chi connectivity index (χ4n) is 3.10. The average Bonchev–Trinajstić information content (AvgIpc) is 2.59. The molecule has 0 spiro atoms. The normalized spacial score (nSPS) is 16.5. The maximum atomic E-state index is 11.2. The number of para-hydroxylation sites is 1. The van der Waals surface area contributed by atoms with Crippen molar-refractivity contribution >= 4 is 22.6 Å². The first-order valence-corrected chi connectivity index (χ1v) is 8.19. The lowest BCUT2D eigenvalue weighted by molar-refractivity contribution is -0.123. The average molecular weight is 313 g/mol. The number of primary amides is 1. The van der Waals surface area contributed by atoms with Gasteiger partial charge in [0.1, 0.15) is 12.1 Å². The fourth-order valence-corrected chi connectivity index (χ4v) is 3.10. The van der Waals surface area contributed by atoms with E-state index < -0.39 is 0 Å². The number of likely N-dealkylation sites (tertiary alicyclic amines) is 1. The zero-order valence-electron chi connectivity index (χ0n) is 13.2. The third-order valence-corrected chi connectivity index (χ3v) is 4.48. The number of anilines is 1. The molecule has 3 rings (SSSR count). The van der Waals surface area contributed by atoms with Crippen LogP contribution in [0.4, 0.5) is 5.82 Å². The Kier molecular flexibility index (Phi) is 5.02. The van der Waals surface area contributed by atoms with Gasteiger partial charge in [0.2, 0.25) is 5.91 Å². The highest BCUT2D eigenvalue weighted by Gasteiger charge is 2.22. The smallest absolute Gasteiger partial charge is 0.220 e. The number of rotatable bonds is 6. The van der Waals surface area contributed by atoms with Crippen LogP contribution in [0.3, 0.4) is 0 Å². The molecule has 6 nitrogen and oxygen atoms in total. The predicted molar refractivity (Wildman–Crippen MR) is 91.0 cm³/mol. The van der Waals surface area contributed by atoms with Crippen LogP contribution < -0.4 is 11.1 Å². The van der Waals surface area contributed by atoms with E-state index in [0.29, 0.717) is 0 Å². The van der Waals surface area contributed by atoms with Gasteiger partial charge in [0.05, 0.1) is 5.52 Å². The summed E-state index contributed by atoms with van der Waals surface area (Å²) >= 11 is 0. The van der Waals surface area contributed by atoms with Crippen molar-refractivity contribution in [1.29, 1.82) is 0 Å². The predicted octanol–water partition coefficient (Wildman–Crippen LogP) is 1.63. The van der Waals surface area contributed by atoms with Gasteiger partial charge >= 0.3 is 0 Å². The van der Waals surface area contributed by atoms with Crippen LogP contribution in [-0.2, 0) is 4.79 Å². The number of hydrogen-bond donors (Lipinski definition) is 2. The fraction of sp³-hybridized carbons (Fsp3) is 0.471. The Morgan fingerprint density at radius 3 is 2.83 bits per heavy atom. The van der Waals surface area contributed by atoms with Gasteiger partial charge in [-0.2, -0.15) is 0 Å². The summed E-state index contributed by atoms with van der Waals surface area (Å²) in [6.07, 6.45) is 4.41. The Labute approximate surface area is 136 Å². The van der Waals surface area contributed by atoms with Gasteiger partial charge in [-0.25, -0.2) is 9.97 Å². The van der Waals surface area contributed by atoms with Crippen LogP contribution in [0.5, 0.6) is 0 Å². The summed E-state index contributed by atoms with van der Waals surface area (Å²) in [4.78, 5) is 22.2. The zero-order chi connectivity index (χ0) is 16.1. The standard InChI is InChI=1S/C17H23N5O/c18-16(23)13-6-10-22(11-7-13)9-3-8-19-17-14-4-1-2-5-15(14)20-12-21-17/h1-2,4-5,12-13H,3,6-11H2,(H2,18,23)(H,19,20,21). The molecule has 23 heavy (non-hydrogen) atoms. The number of carbonyl (C=O) groups excluding carboxylic acids is 1. The Bertz CT molecular complexity index is 662. The van der Waals surface area contributed by atoms with Crippen molar-refractivity contribution in [2.24, 2.45) is 11.7 Å². The van der Waals surface area contributed by atoms with Crippen LogP contribution >= 0.6 is 0 Å². The molecule has 0 atom stereocenters. The quantitative estimate of drug-likeness (QED) is 0.792. The molecule has 1 aliphatic rings. The SMILES string of the molecule is NC(=O)C1CCN(CCCNc2ncnc3ccccc23)CC1. The van der Waals surface area contributed by atoms with E-state index in [2.05, 4.69) is 20.2 Å². The molecule has 1 aromatic carbocycles. The number of fused-ring (bicyclic) bond motifs is 1. The van der Waals surface area contributed by atoms with Crippen molar-refractivity contribution in [2.75, 3.05) is 31.5 Å². The second-order valence-corrected chi connectivity index (χ2v) is 6.04. The summed E-state index contributed by atoms with van der Waals surface area (Å²) in [5, 5.41) is 4.46. The minimum Gasteiger partial charge on any atom is -0.369 e. The van der Waals surface area contributed by atoms with E-state index in [0.717, 1.165) is 62.2 Å². The lowest BCUT2D eigenvalue weighted by Crippen LogP contribution is -2.39. The van der Waals surface area contributed by atoms with Gasteiger partial charge < -0.3 is 16.0 Å². The van der Waals surface area contributed by atoms with Crippen LogP contribution in [0.1, 0.15) is 19.3 Å². The molecule has 1 amide bonds. The lowest BCUT2D eigenvalue weighted by atomic mass is 9.96. The van der Waals surface area contributed by atoms with Crippen molar-refractivity contribution in [2.45, 2.75) is 19.3 Å². The molecular formula is C17H23N5O. The van der Waals surface area contributed by atoms with E-state index >= 15 is 0 Å². The number of benzene rings is 1. The minimum atomic E-state index is -0.151. The van der Waals surface area contributed by atoms with Gasteiger partial charge in [0, 0.05) is 17.8 Å². The van der Waals surface area contributed by atoms with Gasteiger partial charge in [0.25, 0.3) is 0 Å². The molecule has 1 fully saturated rings. The molecule has 3 N–H and O–H groups in total. The number of nitrogens with two attached hydrogens (primary N) is 1. The number of piperidine rings is 1. The second kappa shape index (κ2) is 7.37. The molecule has 0 unspecified atom stereocenters. The number of aromatic nitrogens is 2. The molecular weight excluding hydrogens is 290 g/mol. The molecule has 0 radical (unpaired) electrons. The highest BCUT2D eigenvalue weighted by molar-refractivity contribution is 5.88. The largest absolute Gasteiger partial charge is 0.369 e. The van der Waals surface area contributed by atoms with Crippen molar-refractivity contribution in [3.8, 4) is 0 Å². The van der Waals surface area contributed by atoms with Crippen molar-refractivity contribution in [3.05, 3.63) is 30.6 Å². The summed E-state index contributed by atoms with van der Waals surface area (Å²) in [7, 11) is 0. The van der Waals surface area contributed by atoms with Crippen LogP contribution in [-0.4, -0.2) is 47.0 Å². The number of nitrogens with one attached hydrogen (secondary N) is 1. The van der Waals surface area contributed by atoms with Gasteiger partial charge in [-0.05, 0) is 51.0 Å². The maximum absolute atomic E-state index is 11.2.